The summed E-state index contributed by atoms with van der Waals surface area (Å²) in [5, 5.41) is 28.8. The van der Waals surface area contributed by atoms with Crippen LogP contribution in [0.3, 0.4) is 0 Å². The summed E-state index contributed by atoms with van der Waals surface area (Å²) >= 11 is 0. The van der Waals surface area contributed by atoms with Crippen LogP contribution in [0.2, 0.25) is 0 Å². The summed E-state index contributed by atoms with van der Waals surface area (Å²) in [6.07, 6.45) is 19.4. The summed E-state index contributed by atoms with van der Waals surface area (Å²) in [6, 6.07) is 0. The first-order valence-corrected chi connectivity index (χ1v) is 12.1. The summed E-state index contributed by atoms with van der Waals surface area (Å²) in [4.78, 5) is 0. The van der Waals surface area contributed by atoms with Crippen molar-refractivity contribution in [3.8, 4) is 0 Å². The molecule has 3 N–H and O–H groups in total. The van der Waals surface area contributed by atoms with Gasteiger partial charge in [-0.3, -0.25) is 0 Å². The second-order valence-electron chi connectivity index (χ2n) is 8.39. The van der Waals surface area contributed by atoms with Crippen LogP contribution in [0.4, 0.5) is 0 Å². The lowest BCUT2D eigenvalue weighted by Gasteiger charge is -2.24. The van der Waals surface area contributed by atoms with Crippen molar-refractivity contribution in [3.63, 3.8) is 0 Å². The fourth-order valence-corrected chi connectivity index (χ4v) is 3.79. The average Bonchev–Trinajstić information content (AvgIpc) is 3.06. The minimum atomic E-state index is -0.982. The molecule has 0 aromatic heterocycles. The van der Waals surface area contributed by atoms with Crippen LogP contribution in [0.5, 0.6) is 0 Å². The molecule has 1 aliphatic heterocycles. The van der Waals surface area contributed by atoms with Crippen LogP contribution >= 0.6 is 0 Å². The predicted octanol–water partition coefficient (Wildman–Crippen LogP) is 4.52. The maximum Gasteiger partial charge on any atom is 0.114 e. The lowest BCUT2D eigenvalue weighted by atomic mass is 10.1. The first-order valence-electron chi connectivity index (χ1n) is 12.1. The molecule has 1 heterocycles. The Balaban J connectivity index is 1.86. The lowest BCUT2D eigenvalue weighted by Crippen LogP contribution is -2.42. The number of rotatable bonds is 19. The van der Waals surface area contributed by atoms with E-state index in [1.807, 2.05) is 0 Å². The Morgan fingerprint density at radius 2 is 1.41 bits per heavy atom. The number of hydrogen-bond donors (Lipinski definition) is 3. The van der Waals surface area contributed by atoms with Gasteiger partial charge in [0.25, 0.3) is 0 Å². The Morgan fingerprint density at radius 3 is 1.93 bits per heavy atom. The Morgan fingerprint density at radius 1 is 0.862 bits per heavy atom. The lowest BCUT2D eigenvalue weighted by molar-refractivity contribution is -0.101. The molecular formula is C24H46O5. The third-order valence-electron chi connectivity index (χ3n) is 5.72. The van der Waals surface area contributed by atoms with Crippen molar-refractivity contribution < 1.29 is 24.8 Å². The molecule has 0 radical (unpaired) electrons. The van der Waals surface area contributed by atoms with E-state index in [2.05, 4.69) is 19.1 Å². The van der Waals surface area contributed by atoms with Crippen molar-refractivity contribution in [3.05, 3.63) is 12.2 Å². The highest BCUT2D eigenvalue weighted by atomic mass is 16.6. The Kier molecular flexibility index (Phi) is 16.8. The van der Waals surface area contributed by atoms with Gasteiger partial charge < -0.3 is 24.8 Å². The largest absolute Gasteiger partial charge is 0.394 e. The molecule has 1 aliphatic rings. The van der Waals surface area contributed by atoms with Gasteiger partial charge >= 0.3 is 0 Å². The number of ether oxygens (including phenoxy) is 2. The summed E-state index contributed by atoms with van der Waals surface area (Å²) in [5.41, 5.74) is 0. The highest BCUT2D eigenvalue weighted by Gasteiger charge is 2.40. The SMILES string of the molecule is CCCCCCCCCC/C=C/CCCCCCO[C@H](CO)[C@H]1OC[C@H](O)[C@H]1O. The highest BCUT2D eigenvalue weighted by molar-refractivity contribution is 4.88. The maximum absolute atomic E-state index is 9.83. The molecule has 0 spiro atoms. The highest BCUT2D eigenvalue weighted by Crippen LogP contribution is 2.20. The molecule has 1 rings (SSSR count). The van der Waals surface area contributed by atoms with Crippen molar-refractivity contribution in [2.75, 3.05) is 19.8 Å². The van der Waals surface area contributed by atoms with Gasteiger partial charge in [-0.15, -0.1) is 0 Å². The second kappa shape index (κ2) is 18.3. The van der Waals surface area contributed by atoms with Crippen LogP contribution in [-0.4, -0.2) is 59.6 Å². The Hall–Kier alpha value is -0.460. The average molecular weight is 415 g/mol. The fraction of sp³-hybridized carbons (Fsp3) is 0.917. The standard InChI is InChI=1S/C24H46O5/c1-2-3-4-5-6-7-8-9-10-11-12-13-14-15-16-17-18-28-22(19-25)24-23(27)21(26)20-29-24/h11-12,21-27H,2-10,13-20H2,1H3/b12-11+/t21-,22+,23+,24+/m0/s1. The number of unbranched alkanes of at least 4 members (excludes halogenated alkanes) is 12. The molecule has 5 nitrogen and oxygen atoms in total. The number of hydrogen-bond acceptors (Lipinski definition) is 5. The van der Waals surface area contributed by atoms with Gasteiger partial charge in [0.15, 0.2) is 0 Å². The first kappa shape index (κ1) is 26.6. The van der Waals surface area contributed by atoms with E-state index < -0.39 is 24.4 Å². The summed E-state index contributed by atoms with van der Waals surface area (Å²) in [7, 11) is 0. The topological polar surface area (TPSA) is 79.2 Å². The molecule has 0 aliphatic carbocycles. The molecule has 5 heteroatoms. The van der Waals surface area contributed by atoms with Crippen molar-refractivity contribution >= 4 is 0 Å². The van der Waals surface area contributed by atoms with E-state index in [-0.39, 0.29) is 13.2 Å². The van der Waals surface area contributed by atoms with Gasteiger partial charge in [-0.2, -0.15) is 0 Å². The molecule has 0 aromatic carbocycles. The zero-order valence-corrected chi connectivity index (χ0v) is 18.6. The number of allylic oxidation sites excluding steroid dienone is 2. The minimum absolute atomic E-state index is 0.0955. The van der Waals surface area contributed by atoms with E-state index in [0.717, 1.165) is 19.3 Å². The maximum atomic E-state index is 9.83. The summed E-state index contributed by atoms with van der Waals surface area (Å²) in [5.74, 6) is 0. The third-order valence-corrected chi connectivity index (χ3v) is 5.72. The number of aliphatic hydroxyl groups excluding tert-OH is 3. The quantitative estimate of drug-likeness (QED) is 0.214. The van der Waals surface area contributed by atoms with Gasteiger partial charge in [0.2, 0.25) is 0 Å². The second-order valence-corrected chi connectivity index (χ2v) is 8.39. The van der Waals surface area contributed by atoms with Crippen LogP contribution in [-0.2, 0) is 9.47 Å². The number of aliphatic hydroxyl groups is 3. The van der Waals surface area contributed by atoms with Crippen LogP contribution in [0.15, 0.2) is 12.2 Å². The van der Waals surface area contributed by atoms with E-state index in [1.54, 1.807) is 0 Å². The Bertz CT molecular complexity index is 387. The molecule has 0 bridgehead atoms. The van der Waals surface area contributed by atoms with Crippen LogP contribution < -0.4 is 0 Å². The molecule has 1 saturated heterocycles. The van der Waals surface area contributed by atoms with Crippen LogP contribution in [0, 0.1) is 0 Å². The van der Waals surface area contributed by atoms with Crippen molar-refractivity contribution in [2.24, 2.45) is 0 Å². The van der Waals surface area contributed by atoms with Gasteiger partial charge in [-0.1, -0.05) is 76.9 Å². The molecular weight excluding hydrogens is 368 g/mol. The normalized spacial score (nSPS) is 23.2. The van der Waals surface area contributed by atoms with Gasteiger partial charge in [0.1, 0.15) is 24.4 Å². The van der Waals surface area contributed by atoms with Crippen molar-refractivity contribution in [1.29, 1.82) is 0 Å². The predicted molar refractivity (Wildman–Crippen MR) is 118 cm³/mol. The Labute approximate surface area is 178 Å². The van der Waals surface area contributed by atoms with Crippen molar-refractivity contribution in [1.82, 2.24) is 0 Å². The molecule has 1 fully saturated rings. The molecule has 0 aromatic rings. The zero-order chi connectivity index (χ0) is 21.2. The smallest absolute Gasteiger partial charge is 0.114 e. The first-order chi connectivity index (χ1) is 14.2. The summed E-state index contributed by atoms with van der Waals surface area (Å²) in [6.45, 7) is 2.69. The van der Waals surface area contributed by atoms with Gasteiger partial charge in [0, 0.05) is 6.61 Å². The van der Waals surface area contributed by atoms with Gasteiger partial charge in [-0.25, -0.2) is 0 Å². The van der Waals surface area contributed by atoms with E-state index >= 15 is 0 Å². The van der Waals surface area contributed by atoms with E-state index in [1.165, 1.54) is 70.6 Å². The van der Waals surface area contributed by atoms with Gasteiger partial charge in [-0.05, 0) is 32.1 Å². The van der Waals surface area contributed by atoms with Crippen molar-refractivity contribution in [2.45, 2.75) is 121 Å². The van der Waals surface area contributed by atoms with Crippen LogP contribution in [0.1, 0.15) is 96.8 Å². The van der Waals surface area contributed by atoms with Gasteiger partial charge in [0.05, 0.1) is 13.2 Å². The fourth-order valence-electron chi connectivity index (χ4n) is 3.79. The molecule has 0 unspecified atom stereocenters. The van der Waals surface area contributed by atoms with E-state index in [4.69, 9.17) is 9.47 Å². The zero-order valence-electron chi connectivity index (χ0n) is 18.6. The molecule has 172 valence electrons. The molecule has 29 heavy (non-hydrogen) atoms. The van der Waals surface area contributed by atoms with E-state index in [0.29, 0.717) is 6.61 Å². The molecule has 0 saturated carbocycles. The molecule has 4 atom stereocenters. The monoisotopic (exact) mass is 414 g/mol. The third kappa shape index (κ3) is 12.7. The minimum Gasteiger partial charge on any atom is -0.394 e. The molecule has 0 amide bonds. The van der Waals surface area contributed by atoms with E-state index in [9.17, 15) is 15.3 Å². The van der Waals surface area contributed by atoms with Crippen LogP contribution in [0.25, 0.3) is 0 Å². The summed E-state index contributed by atoms with van der Waals surface area (Å²) < 4.78 is 11.0.